The van der Waals surface area contributed by atoms with Crippen molar-refractivity contribution in [2.75, 3.05) is 11.9 Å². The van der Waals surface area contributed by atoms with Gasteiger partial charge in [0.1, 0.15) is 11.8 Å². The number of aliphatic hydroxyl groups is 1. The molecule has 0 aromatic carbocycles. The predicted molar refractivity (Wildman–Crippen MR) is 60.9 cm³/mol. The van der Waals surface area contributed by atoms with Crippen LogP contribution in [-0.4, -0.2) is 22.2 Å². The fourth-order valence-corrected chi connectivity index (χ4v) is 2.08. The Bertz CT molecular complexity index is 405. The summed E-state index contributed by atoms with van der Waals surface area (Å²) in [5, 5.41) is 22.0. The SMILES string of the molecule is N#Cc1cc(NCC2(O)CCCC2)ccn1. The highest BCUT2D eigenvalue weighted by Gasteiger charge is 2.30. The van der Waals surface area contributed by atoms with E-state index in [0.29, 0.717) is 12.2 Å². The molecule has 1 aliphatic rings. The molecule has 2 N–H and O–H groups in total. The van der Waals surface area contributed by atoms with Gasteiger partial charge in [0.15, 0.2) is 0 Å². The molecule has 1 heterocycles. The molecule has 0 atom stereocenters. The van der Waals surface area contributed by atoms with Gasteiger partial charge >= 0.3 is 0 Å². The molecule has 0 saturated heterocycles. The molecule has 0 aliphatic heterocycles. The minimum atomic E-state index is -0.573. The van der Waals surface area contributed by atoms with E-state index >= 15 is 0 Å². The monoisotopic (exact) mass is 217 g/mol. The highest BCUT2D eigenvalue weighted by molar-refractivity contribution is 5.46. The van der Waals surface area contributed by atoms with Gasteiger partial charge in [0.25, 0.3) is 0 Å². The summed E-state index contributed by atoms with van der Waals surface area (Å²) in [5.74, 6) is 0. The van der Waals surface area contributed by atoms with Gasteiger partial charge < -0.3 is 10.4 Å². The third-order valence-corrected chi connectivity index (χ3v) is 3.03. The van der Waals surface area contributed by atoms with Crippen molar-refractivity contribution in [1.29, 1.82) is 5.26 Å². The molecule has 84 valence electrons. The van der Waals surface area contributed by atoms with Gasteiger partial charge in [-0.25, -0.2) is 4.98 Å². The number of aromatic nitrogens is 1. The van der Waals surface area contributed by atoms with Crippen molar-refractivity contribution in [3.05, 3.63) is 24.0 Å². The molecule has 16 heavy (non-hydrogen) atoms. The second kappa shape index (κ2) is 4.50. The number of anilines is 1. The first-order chi connectivity index (χ1) is 7.72. The Balaban J connectivity index is 1.96. The van der Waals surface area contributed by atoms with Gasteiger partial charge in [-0.2, -0.15) is 5.26 Å². The number of nitrogens with zero attached hydrogens (tertiary/aromatic N) is 2. The molecule has 0 spiro atoms. The Morgan fingerprint density at radius 1 is 1.50 bits per heavy atom. The van der Waals surface area contributed by atoms with Crippen LogP contribution in [0.25, 0.3) is 0 Å². The van der Waals surface area contributed by atoms with E-state index in [1.54, 1.807) is 18.3 Å². The maximum Gasteiger partial charge on any atom is 0.142 e. The highest BCUT2D eigenvalue weighted by Crippen LogP contribution is 2.29. The second-order valence-corrected chi connectivity index (χ2v) is 4.33. The summed E-state index contributed by atoms with van der Waals surface area (Å²) in [6, 6.07) is 5.49. The number of pyridine rings is 1. The highest BCUT2D eigenvalue weighted by atomic mass is 16.3. The summed E-state index contributed by atoms with van der Waals surface area (Å²) in [6.07, 6.45) is 5.50. The molecule has 0 radical (unpaired) electrons. The zero-order chi connectivity index (χ0) is 11.4. The Kier molecular flexibility index (Phi) is 3.07. The first-order valence-electron chi connectivity index (χ1n) is 5.54. The summed E-state index contributed by atoms with van der Waals surface area (Å²) in [7, 11) is 0. The predicted octanol–water partition coefficient (Wildman–Crippen LogP) is 1.67. The molecule has 4 heteroatoms. The van der Waals surface area contributed by atoms with Crippen molar-refractivity contribution in [3.8, 4) is 6.07 Å². The van der Waals surface area contributed by atoms with Gasteiger partial charge in [-0.05, 0) is 25.0 Å². The Labute approximate surface area is 94.9 Å². The molecule has 1 aliphatic carbocycles. The molecule has 1 aromatic rings. The minimum absolute atomic E-state index is 0.392. The van der Waals surface area contributed by atoms with E-state index in [9.17, 15) is 5.11 Å². The number of hydrogen-bond acceptors (Lipinski definition) is 4. The normalized spacial score (nSPS) is 18.0. The van der Waals surface area contributed by atoms with Crippen molar-refractivity contribution < 1.29 is 5.11 Å². The molecule has 1 aromatic heterocycles. The lowest BCUT2D eigenvalue weighted by Gasteiger charge is -2.22. The van der Waals surface area contributed by atoms with Gasteiger partial charge in [0.2, 0.25) is 0 Å². The van der Waals surface area contributed by atoms with Crippen LogP contribution in [0.5, 0.6) is 0 Å². The van der Waals surface area contributed by atoms with Crippen molar-refractivity contribution in [1.82, 2.24) is 4.98 Å². The van der Waals surface area contributed by atoms with E-state index in [-0.39, 0.29) is 0 Å². The zero-order valence-electron chi connectivity index (χ0n) is 9.11. The molecule has 4 nitrogen and oxygen atoms in total. The molecule has 1 saturated carbocycles. The van der Waals surface area contributed by atoms with Crippen LogP contribution < -0.4 is 5.32 Å². The van der Waals surface area contributed by atoms with E-state index < -0.39 is 5.60 Å². The Hall–Kier alpha value is -1.60. The summed E-state index contributed by atoms with van der Waals surface area (Å²) in [4.78, 5) is 3.89. The average molecular weight is 217 g/mol. The van der Waals surface area contributed by atoms with Gasteiger partial charge in [0.05, 0.1) is 5.60 Å². The molecular formula is C12H15N3O. The van der Waals surface area contributed by atoms with Gasteiger partial charge in [-0.1, -0.05) is 12.8 Å². The van der Waals surface area contributed by atoms with E-state index in [4.69, 9.17) is 5.26 Å². The Morgan fingerprint density at radius 3 is 2.94 bits per heavy atom. The largest absolute Gasteiger partial charge is 0.388 e. The quantitative estimate of drug-likeness (QED) is 0.808. The van der Waals surface area contributed by atoms with Crippen LogP contribution in [0.4, 0.5) is 5.69 Å². The molecule has 2 rings (SSSR count). The summed E-state index contributed by atoms with van der Waals surface area (Å²) in [6.45, 7) is 0.544. The van der Waals surface area contributed by atoms with Gasteiger partial charge in [0, 0.05) is 18.4 Å². The van der Waals surface area contributed by atoms with Crippen molar-refractivity contribution in [3.63, 3.8) is 0 Å². The van der Waals surface area contributed by atoms with Crippen molar-refractivity contribution in [2.45, 2.75) is 31.3 Å². The summed E-state index contributed by atoms with van der Waals surface area (Å²) >= 11 is 0. The van der Waals surface area contributed by atoms with Crippen LogP contribution in [0.3, 0.4) is 0 Å². The third-order valence-electron chi connectivity index (χ3n) is 3.03. The van der Waals surface area contributed by atoms with Gasteiger partial charge in [-0.3, -0.25) is 0 Å². The lowest BCUT2D eigenvalue weighted by molar-refractivity contribution is 0.0615. The Morgan fingerprint density at radius 2 is 2.25 bits per heavy atom. The number of nitriles is 1. The molecule has 0 unspecified atom stereocenters. The van der Waals surface area contributed by atoms with Crippen molar-refractivity contribution in [2.24, 2.45) is 0 Å². The van der Waals surface area contributed by atoms with Crippen LogP contribution in [0.15, 0.2) is 18.3 Å². The van der Waals surface area contributed by atoms with E-state index in [2.05, 4.69) is 10.3 Å². The van der Waals surface area contributed by atoms with Gasteiger partial charge in [-0.15, -0.1) is 0 Å². The number of hydrogen-bond donors (Lipinski definition) is 2. The standard InChI is InChI=1S/C12H15N3O/c13-8-11-7-10(3-6-14-11)15-9-12(16)4-1-2-5-12/h3,6-7,16H,1-2,4-5,9H2,(H,14,15). The van der Waals surface area contributed by atoms with Crippen LogP contribution in [0, 0.1) is 11.3 Å². The minimum Gasteiger partial charge on any atom is -0.388 e. The maximum atomic E-state index is 10.1. The first-order valence-corrected chi connectivity index (χ1v) is 5.54. The van der Waals surface area contributed by atoms with Crippen LogP contribution in [0.2, 0.25) is 0 Å². The lowest BCUT2D eigenvalue weighted by Crippen LogP contribution is -2.33. The van der Waals surface area contributed by atoms with Crippen LogP contribution in [-0.2, 0) is 0 Å². The third kappa shape index (κ3) is 2.50. The smallest absolute Gasteiger partial charge is 0.142 e. The van der Waals surface area contributed by atoms with Crippen LogP contribution in [0.1, 0.15) is 31.4 Å². The first kappa shape index (κ1) is 10.9. The van der Waals surface area contributed by atoms with Crippen LogP contribution >= 0.6 is 0 Å². The summed E-state index contributed by atoms with van der Waals surface area (Å²) in [5.41, 5.74) is 0.658. The maximum absolute atomic E-state index is 10.1. The van der Waals surface area contributed by atoms with E-state index in [1.165, 1.54) is 0 Å². The fourth-order valence-electron chi connectivity index (χ4n) is 2.08. The summed E-state index contributed by atoms with van der Waals surface area (Å²) < 4.78 is 0. The van der Waals surface area contributed by atoms with E-state index in [1.807, 2.05) is 6.07 Å². The topological polar surface area (TPSA) is 68.9 Å². The molecule has 0 bridgehead atoms. The number of rotatable bonds is 3. The molecule has 0 amide bonds. The molecule has 1 fully saturated rings. The lowest BCUT2D eigenvalue weighted by atomic mass is 10.0. The average Bonchev–Trinajstić information content (AvgIpc) is 2.75. The number of nitrogens with one attached hydrogen (secondary N) is 1. The fraction of sp³-hybridized carbons (Fsp3) is 0.500. The van der Waals surface area contributed by atoms with E-state index in [0.717, 1.165) is 31.4 Å². The second-order valence-electron chi connectivity index (χ2n) is 4.33. The van der Waals surface area contributed by atoms with Crippen molar-refractivity contribution >= 4 is 5.69 Å². The molecular weight excluding hydrogens is 202 g/mol. The zero-order valence-corrected chi connectivity index (χ0v) is 9.11.